The van der Waals surface area contributed by atoms with E-state index in [0.29, 0.717) is 64.2 Å². The second-order valence-corrected chi connectivity index (χ2v) is 9.91. The molecule has 0 spiro atoms. The molecular weight excluding hydrogens is 618 g/mol. The van der Waals surface area contributed by atoms with Crippen molar-refractivity contribution >= 4 is 40.6 Å². The van der Waals surface area contributed by atoms with Crippen molar-refractivity contribution in [3.8, 4) is 0 Å². The molecule has 0 saturated carbocycles. The molecule has 2 amide bonds. The number of carbonyl (C=O) groups is 3. The van der Waals surface area contributed by atoms with Gasteiger partial charge in [-0.05, 0) is 30.7 Å². The summed E-state index contributed by atoms with van der Waals surface area (Å²) >= 11 is 0. The van der Waals surface area contributed by atoms with E-state index in [0.717, 1.165) is 0 Å². The maximum Gasteiger partial charge on any atom is 0.326 e. The molecule has 256 valence electrons. The van der Waals surface area contributed by atoms with Crippen LogP contribution in [0.2, 0.25) is 0 Å². The Morgan fingerprint density at radius 2 is 1.55 bits per heavy atom. The Kier molecular flexibility index (Phi) is 15.9. The number of fused-ring (bicyclic) bond motifs is 1. The molecular formula is C29H41N9O9. The summed E-state index contributed by atoms with van der Waals surface area (Å²) in [6.45, 7) is 4.25. The lowest BCUT2D eigenvalue weighted by atomic mass is 10.1. The number of nitrogens with one attached hydrogen (secondary N) is 4. The number of H-pyrrole nitrogens is 1. The number of carboxylic acid groups (broad SMARTS) is 1. The molecule has 47 heavy (non-hydrogen) atoms. The fraction of sp³-hybridized carbons (Fsp3) is 0.483. The summed E-state index contributed by atoms with van der Waals surface area (Å²) < 4.78 is 21.3. The molecule has 0 aliphatic rings. The normalized spacial score (nSPS) is 11.7. The Hall–Kier alpha value is -4.75. The SMILES string of the molecule is NCCOCCOCCOCCOCCNC(=O)CC[C@H](NC(=O)c1ccc(NCc2cnc3nc(N)[nH]c(=O)c3n2)cc1)C(=O)O. The number of nitrogen functional groups attached to an aromatic ring is 1. The van der Waals surface area contributed by atoms with Crippen LogP contribution < -0.4 is 33.0 Å². The standard InChI is InChI=1S/C29H41N9O9/c30-7-9-44-11-13-46-15-16-47-14-12-45-10-8-32-23(39)6-5-22(28(42)43)36-26(40)19-1-3-20(4-2-19)33-17-21-18-34-25-24(35-21)27(41)38-29(31)37-25/h1-4,18,22,33H,5-17,30H2,(H,32,39)(H,36,40)(H,42,43)(H3,31,34,37,38,41)/t22-/m0/s1. The number of aliphatic carboxylic acids is 1. The first-order valence-electron chi connectivity index (χ1n) is 14.9. The van der Waals surface area contributed by atoms with Crippen LogP contribution in [-0.2, 0) is 35.1 Å². The highest BCUT2D eigenvalue weighted by molar-refractivity contribution is 5.97. The van der Waals surface area contributed by atoms with Gasteiger partial charge in [-0.3, -0.25) is 19.4 Å². The fourth-order valence-corrected chi connectivity index (χ4v) is 3.96. The second kappa shape index (κ2) is 20.4. The van der Waals surface area contributed by atoms with E-state index < -0.39 is 23.5 Å². The molecule has 0 aliphatic heterocycles. The molecule has 2 aromatic heterocycles. The maximum atomic E-state index is 12.7. The average Bonchev–Trinajstić information content (AvgIpc) is 3.05. The summed E-state index contributed by atoms with van der Waals surface area (Å²) in [4.78, 5) is 63.3. The number of carbonyl (C=O) groups excluding carboxylic acids is 2. The Balaban J connectivity index is 1.29. The van der Waals surface area contributed by atoms with Crippen molar-refractivity contribution in [1.29, 1.82) is 0 Å². The van der Waals surface area contributed by atoms with E-state index in [1.165, 1.54) is 18.3 Å². The molecule has 0 aliphatic carbocycles. The van der Waals surface area contributed by atoms with Gasteiger partial charge in [0.25, 0.3) is 11.5 Å². The summed E-state index contributed by atoms with van der Waals surface area (Å²) in [5.41, 5.74) is 11.9. The van der Waals surface area contributed by atoms with Gasteiger partial charge in [0.15, 0.2) is 11.2 Å². The highest BCUT2D eigenvalue weighted by Gasteiger charge is 2.21. The first-order valence-corrected chi connectivity index (χ1v) is 14.9. The number of nitrogens with zero attached hydrogens (tertiary/aromatic N) is 3. The lowest BCUT2D eigenvalue weighted by Crippen LogP contribution is -2.41. The maximum absolute atomic E-state index is 12.7. The predicted octanol–water partition coefficient (Wildman–Crippen LogP) is -0.988. The zero-order valence-electron chi connectivity index (χ0n) is 25.9. The van der Waals surface area contributed by atoms with Crippen LogP contribution in [0.3, 0.4) is 0 Å². The number of nitrogens with two attached hydrogens (primary N) is 2. The van der Waals surface area contributed by atoms with Crippen LogP contribution in [0.1, 0.15) is 28.9 Å². The van der Waals surface area contributed by atoms with Gasteiger partial charge in [0.05, 0.1) is 71.3 Å². The Labute approximate surface area is 269 Å². The van der Waals surface area contributed by atoms with Gasteiger partial charge in [0.1, 0.15) is 6.04 Å². The number of anilines is 2. The van der Waals surface area contributed by atoms with E-state index in [2.05, 4.69) is 35.9 Å². The highest BCUT2D eigenvalue weighted by Crippen LogP contribution is 2.12. The Morgan fingerprint density at radius 1 is 0.915 bits per heavy atom. The number of hydrogen-bond acceptors (Lipinski definition) is 14. The molecule has 0 saturated heterocycles. The predicted molar refractivity (Wildman–Crippen MR) is 170 cm³/mol. The van der Waals surface area contributed by atoms with E-state index >= 15 is 0 Å². The largest absolute Gasteiger partial charge is 0.480 e. The van der Waals surface area contributed by atoms with Crippen molar-refractivity contribution in [2.45, 2.75) is 25.4 Å². The molecule has 0 fully saturated rings. The number of rotatable bonds is 23. The number of aromatic nitrogens is 4. The zero-order valence-corrected chi connectivity index (χ0v) is 25.9. The van der Waals surface area contributed by atoms with Crippen LogP contribution in [0.5, 0.6) is 0 Å². The van der Waals surface area contributed by atoms with Crippen LogP contribution in [0, 0.1) is 0 Å². The summed E-state index contributed by atoms with van der Waals surface area (Å²) in [6.07, 6.45) is 1.26. The number of aromatic amines is 1. The number of carboxylic acids is 1. The first kappa shape index (κ1) is 36.7. The van der Waals surface area contributed by atoms with Crippen LogP contribution in [0.25, 0.3) is 11.2 Å². The minimum absolute atomic E-state index is 0.0532. The molecule has 1 aromatic carbocycles. The summed E-state index contributed by atoms with van der Waals surface area (Å²) in [7, 11) is 0. The number of ether oxygens (including phenoxy) is 4. The van der Waals surface area contributed by atoms with Crippen LogP contribution >= 0.6 is 0 Å². The Bertz CT molecular complexity index is 1490. The first-order chi connectivity index (χ1) is 22.8. The second-order valence-electron chi connectivity index (χ2n) is 9.91. The molecule has 0 bridgehead atoms. The van der Waals surface area contributed by atoms with Crippen LogP contribution in [0.15, 0.2) is 35.3 Å². The van der Waals surface area contributed by atoms with E-state index in [4.69, 9.17) is 30.4 Å². The number of benzene rings is 1. The molecule has 3 rings (SSSR count). The van der Waals surface area contributed by atoms with E-state index in [-0.39, 0.29) is 61.1 Å². The third-order valence-electron chi connectivity index (χ3n) is 6.32. The smallest absolute Gasteiger partial charge is 0.326 e. The van der Waals surface area contributed by atoms with E-state index in [1.54, 1.807) is 12.1 Å². The third-order valence-corrected chi connectivity index (χ3v) is 6.32. The van der Waals surface area contributed by atoms with Gasteiger partial charge in [-0.2, -0.15) is 4.98 Å². The average molecular weight is 660 g/mol. The molecule has 0 unspecified atom stereocenters. The quantitative estimate of drug-likeness (QED) is 0.0603. The molecule has 3 aromatic rings. The van der Waals surface area contributed by atoms with Crippen molar-refractivity contribution in [3.63, 3.8) is 0 Å². The molecule has 18 nitrogen and oxygen atoms in total. The lowest BCUT2D eigenvalue weighted by molar-refractivity contribution is -0.139. The van der Waals surface area contributed by atoms with Crippen molar-refractivity contribution in [2.75, 3.05) is 77.0 Å². The minimum Gasteiger partial charge on any atom is -0.480 e. The van der Waals surface area contributed by atoms with Gasteiger partial charge in [0, 0.05) is 30.8 Å². The summed E-state index contributed by atoms with van der Waals surface area (Å²) in [6, 6.07) is 5.04. The van der Waals surface area contributed by atoms with E-state index in [1.807, 2.05) is 0 Å². The van der Waals surface area contributed by atoms with Crippen molar-refractivity contribution in [3.05, 3.63) is 52.1 Å². The third kappa shape index (κ3) is 13.6. The van der Waals surface area contributed by atoms with Crippen molar-refractivity contribution < 1.29 is 38.4 Å². The van der Waals surface area contributed by atoms with Crippen LogP contribution in [-0.4, -0.2) is 115 Å². The van der Waals surface area contributed by atoms with E-state index in [9.17, 15) is 24.3 Å². The van der Waals surface area contributed by atoms with Gasteiger partial charge >= 0.3 is 5.97 Å². The molecule has 18 heteroatoms. The van der Waals surface area contributed by atoms with Crippen LogP contribution in [0.4, 0.5) is 11.6 Å². The number of amides is 2. The van der Waals surface area contributed by atoms with Crippen molar-refractivity contribution in [1.82, 2.24) is 30.6 Å². The molecule has 1 atom stereocenters. The van der Waals surface area contributed by atoms with Gasteiger partial charge < -0.3 is 51.5 Å². The minimum atomic E-state index is -1.26. The Morgan fingerprint density at radius 3 is 2.19 bits per heavy atom. The lowest BCUT2D eigenvalue weighted by Gasteiger charge is -2.15. The summed E-state index contributed by atoms with van der Waals surface area (Å²) in [5, 5.41) is 17.8. The fourth-order valence-electron chi connectivity index (χ4n) is 3.96. The van der Waals surface area contributed by atoms with Gasteiger partial charge in [-0.25, -0.2) is 14.8 Å². The molecule has 9 N–H and O–H groups in total. The topological polar surface area (TPSA) is 268 Å². The zero-order chi connectivity index (χ0) is 33.9. The van der Waals surface area contributed by atoms with Gasteiger partial charge in [-0.1, -0.05) is 0 Å². The molecule has 2 heterocycles. The monoisotopic (exact) mass is 659 g/mol. The van der Waals surface area contributed by atoms with Gasteiger partial charge in [-0.15, -0.1) is 0 Å². The highest BCUT2D eigenvalue weighted by atomic mass is 16.6. The van der Waals surface area contributed by atoms with Gasteiger partial charge in [0.2, 0.25) is 11.9 Å². The number of hydrogen-bond donors (Lipinski definition) is 7. The van der Waals surface area contributed by atoms with Crippen molar-refractivity contribution in [2.24, 2.45) is 5.73 Å². The summed E-state index contributed by atoms with van der Waals surface area (Å²) in [5.74, 6) is -2.28. The molecule has 0 radical (unpaired) electrons.